The van der Waals surface area contributed by atoms with E-state index in [2.05, 4.69) is 4.74 Å². The third kappa shape index (κ3) is 3.17. The Kier molecular flexibility index (Phi) is 4.25. The lowest BCUT2D eigenvalue weighted by atomic mass is 10.3. The SMILES string of the molecule is COC(=O)CS(=O)(=O)c1ccc([N+](=O)[O-])cc1Cl. The summed E-state index contributed by atoms with van der Waals surface area (Å²) in [6.07, 6.45) is 0. The zero-order chi connectivity index (χ0) is 13.9. The number of carbonyl (C=O) groups excluding carboxylic acids is 1. The third-order valence-corrected chi connectivity index (χ3v) is 4.06. The first-order chi connectivity index (χ1) is 8.27. The van der Waals surface area contributed by atoms with Gasteiger partial charge in [-0.2, -0.15) is 0 Å². The van der Waals surface area contributed by atoms with Crippen LogP contribution in [-0.4, -0.2) is 32.2 Å². The zero-order valence-corrected chi connectivity index (χ0v) is 10.7. The van der Waals surface area contributed by atoms with Crippen molar-refractivity contribution < 1.29 is 22.9 Å². The van der Waals surface area contributed by atoms with E-state index in [4.69, 9.17) is 11.6 Å². The molecule has 0 radical (unpaired) electrons. The van der Waals surface area contributed by atoms with Crippen molar-refractivity contribution in [3.8, 4) is 0 Å². The summed E-state index contributed by atoms with van der Waals surface area (Å²) < 4.78 is 27.7. The van der Waals surface area contributed by atoms with Crippen LogP contribution in [0.25, 0.3) is 0 Å². The number of methoxy groups -OCH3 is 1. The van der Waals surface area contributed by atoms with Gasteiger partial charge in [0.2, 0.25) is 0 Å². The first-order valence-electron chi connectivity index (χ1n) is 4.51. The topological polar surface area (TPSA) is 104 Å². The number of halogens is 1. The molecule has 0 heterocycles. The normalized spacial score (nSPS) is 11.0. The highest BCUT2D eigenvalue weighted by atomic mass is 35.5. The molecule has 0 amide bonds. The van der Waals surface area contributed by atoms with E-state index in [0.29, 0.717) is 0 Å². The lowest BCUT2D eigenvalue weighted by molar-refractivity contribution is -0.384. The van der Waals surface area contributed by atoms with Gasteiger partial charge in [0.1, 0.15) is 0 Å². The summed E-state index contributed by atoms with van der Waals surface area (Å²) in [4.78, 5) is 20.3. The maximum atomic E-state index is 11.7. The molecule has 0 saturated carbocycles. The monoisotopic (exact) mass is 293 g/mol. The van der Waals surface area contributed by atoms with E-state index < -0.39 is 26.5 Å². The van der Waals surface area contributed by atoms with Gasteiger partial charge in [-0.05, 0) is 6.07 Å². The quantitative estimate of drug-likeness (QED) is 0.469. The van der Waals surface area contributed by atoms with Crippen LogP contribution in [0.3, 0.4) is 0 Å². The molecule has 0 aliphatic carbocycles. The summed E-state index contributed by atoms with van der Waals surface area (Å²) in [5.41, 5.74) is -0.336. The summed E-state index contributed by atoms with van der Waals surface area (Å²) in [6, 6.07) is 2.89. The molecule has 0 aliphatic rings. The standard InChI is InChI=1S/C9H8ClNO6S/c1-17-9(12)5-18(15,16)8-3-2-6(11(13)14)4-7(8)10/h2-4H,5H2,1H3. The second-order valence-corrected chi connectivity index (χ2v) is 5.57. The van der Waals surface area contributed by atoms with E-state index in [0.717, 1.165) is 25.3 Å². The number of carbonyl (C=O) groups is 1. The van der Waals surface area contributed by atoms with Crippen molar-refractivity contribution >= 4 is 33.1 Å². The molecule has 1 rings (SSSR count). The van der Waals surface area contributed by atoms with Gasteiger partial charge in [-0.1, -0.05) is 11.6 Å². The van der Waals surface area contributed by atoms with Crippen molar-refractivity contribution in [2.75, 3.05) is 12.9 Å². The van der Waals surface area contributed by atoms with Crippen LogP contribution >= 0.6 is 11.6 Å². The van der Waals surface area contributed by atoms with E-state index in [9.17, 15) is 23.3 Å². The Morgan fingerprint density at radius 3 is 2.56 bits per heavy atom. The largest absolute Gasteiger partial charge is 0.468 e. The zero-order valence-electron chi connectivity index (χ0n) is 9.12. The summed E-state index contributed by atoms with van der Waals surface area (Å²) in [6.45, 7) is 0. The van der Waals surface area contributed by atoms with Gasteiger partial charge in [0.05, 0.1) is 22.0 Å². The second-order valence-electron chi connectivity index (χ2n) is 3.21. The highest BCUT2D eigenvalue weighted by molar-refractivity contribution is 7.92. The van der Waals surface area contributed by atoms with Gasteiger partial charge in [-0.15, -0.1) is 0 Å². The van der Waals surface area contributed by atoms with Crippen molar-refractivity contribution in [3.05, 3.63) is 33.3 Å². The number of rotatable bonds is 4. The van der Waals surface area contributed by atoms with Crippen LogP contribution in [0, 0.1) is 10.1 Å². The predicted octanol–water partition coefficient (Wildman–Crippen LogP) is 1.19. The number of hydrogen-bond acceptors (Lipinski definition) is 6. The van der Waals surface area contributed by atoms with E-state index in [1.165, 1.54) is 0 Å². The minimum Gasteiger partial charge on any atom is -0.468 e. The van der Waals surface area contributed by atoms with E-state index in [1.807, 2.05) is 0 Å². The van der Waals surface area contributed by atoms with Gasteiger partial charge < -0.3 is 4.74 Å². The van der Waals surface area contributed by atoms with Crippen LogP contribution in [0.1, 0.15) is 0 Å². The highest BCUT2D eigenvalue weighted by Crippen LogP contribution is 2.26. The Hall–Kier alpha value is -1.67. The average molecular weight is 294 g/mol. The number of nitro benzene ring substituents is 1. The number of non-ortho nitro benzene ring substituents is 1. The van der Waals surface area contributed by atoms with Crippen LogP contribution < -0.4 is 0 Å². The molecule has 0 fully saturated rings. The number of ether oxygens (including phenoxy) is 1. The summed E-state index contributed by atoms with van der Waals surface area (Å²) >= 11 is 5.65. The molecule has 18 heavy (non-hydrogen) atoms. The van der Waals surface area contributed by atoms with Crippen molar-refractivity contribution in [3.63, 3.8) is 0 Å². The van der Waals surface area contributed by atoms with Gasteiger partial charge in [0.25, 0.3) is 5.69 Å². The fraction of sp³-hybridized carbons (Fsp3) is 0.222. The molecule has 9 heteroatoms. The minimum atomic E-state index is -3.97. The first kappa shape index (κ1) is 14.4. The number of nitro groups is 1. The maximum Gasteiger partial charge on any atom is 0.321 e. The molecule has 0 spiro atoms. The Morgan fingerprint density at radius 1 is 1.50 bits per heavy atom. The van der Waals surface area contributed by atoms with Gasteiger partial charge in [-0.3, -0.25) is 14.9 Å². The summed E-state index contributed by atoms with van der Waals surface area (Å²) in [7, 11) is -2.92. The van der Waals surface area contributed by atoms with Gasteiger partial charge in [0, 0.05) is 12.1 Å². The van der Waals surface area contributed by atoms with Crippen LogP contribution in [0.2, 0.25) is 5.02 Å². The lowest BCUT2D eigenvalue weighted by Gasteiger charge is -2.05. The molecule has 1 aromatic rings. The third-order valence-electron chi connectivity index (χ3n) is 2.00. The number of hydrogen-bond donors (Lipinski definition) is 0. The molecule has 0 bridgehead atoms. The molecule has 7 nitrogen and oxygen atoms in total. The Balaban J connectivity index is 3.18. The first-order valence-corrected chi connectivity index (χ1v) is 6.54. The summed E-state index contributed by atoms with van der Waals surface area (Å²) in [5, 5.41) is 10.1. The van der Waals surface area contributed by atoms with Crippen molar-refractivity contribution in [1.29, 1.82) is 0 Å². The maximum absolute atomic E-state index is 11.7. The smallest absolute Gasteiger partial charge is 0.321 e. The molecule has 98 valence electrons. The van der Waals surface area contributed by atoms with Gasteiger partial charge in [-0.25, -0.2) is 8.42 Å². The van der Waals surface area contributed by atoms with Crippen molar-refractivity contribution in [2.45, 2.75) is 4.90 Å². The second kappa shape index (κ2) is 5.32. The Labute approximate surface area is 107 Å². The minimum absolute atomic E-state index is 0.312. The van der Waals surface area contributed by atoms with E-state index in [-0.39, 0.29) is 15.6 Å². The van der Waals surface area contributed by atoms with E-state index in [1.54, 1.807) is 0 Å². The Morgan fingerprint density at radius 2 is 2.11 bits per heavy atom. The van der Waals surface area contributed by atoms with Crippen molar-refractivity contribution in [2.24, 2.45) is 0 Å². The lowest BCUT2D eigenvalue weighted by Crippen LogP contribution is -2.17. The molecule has 0 saturated heterocycles. The fourth-order valence-corrected chi connectivity index (χ4v) is 2.89. The number of benzene rings is 1. The number of esters is 1. The molecule has 0 atom stereocenters. The fourth-order valence-electron chi connectivity index (χ4n) is 1.15. The summed E-state index contributed by atoms with van der Waals surface area (Å²) in [5.74, 6) is -1.81. The molecule has 1 aromatic carbocycles. The molecule has 0 aliphatic heterocycles. The van der Waals surface area contributed by atoms with Crippen LogP contribution in [0.15, 0.2) is 23.1 Å². The number of nitrogens with zero attached hydrogens (tertiary/aromatic N) is 1. The van der Waals surface area contributed by atoms with Crippen molar-refractivity contribution in [1.82, 2.24) is 0 Å². The molecular weight excluding hydrogens is 286 g/mol. The van der Waals surface area contributed by atoms with Crippen LogP contribution in [-0.2, 0) is 19.4 Å². The molecular formula is C9H8ClNO6S. The molecule has 0 unspecified atom stereocenters. The number of sulfone groups is 1. The predicted molar refractivity (Wildman–Crippen MR) is 62.2 cm³/mol. The van der Waals surface area contributed by atoms with Gasteiger partial charge >= 0.3 is 5.97 Å². The van der Waals surface area contributed by atoms with Crippen LogP contribution in [0.4, 0.5) is 5.69 Å². The van der Waals surface area contributed by atoms with Gasteiger partial charge in [0.15, 0.2) is 15.6 Å². The molecule has 0 aromatic heterocycles. The van der Waals surface area contributed by atoms with E-state index >= 15 is 0 Å². The molecule has 0 N–H and O–H groups in total. The average Bonchev–Trinajstić information content (AvgIpc) is 2.27. The van der Waals surface area contributed by atoms with Crippen LogP contribution in [0.5, 0.6) is 0 Å². The Bertz CT molecular complexity index is 597. The highest BCUT2D eigenvalue weighted by Gasteiger charge is 2.24.